The van der Waals surface area contributed by atoms with Crippen molar-refractivity contribution in [3.63, 3.8) is 0 Å². The highest BCUT2D eigenvalue weighted by molar-refractivity contribution is 5.71. The summed E-state index contributed by atoms with van der Waals surface area (Å²) in [7, 11) is 0. The highest BCUT2D eigenvalue weighted by Crippen LogP contribution is 2.38. The molecule has 34 heteroatoms. The topological polar surface area (TPSA) is 427 Å². The van der Waals surface area contributed by atoms with Crippen LogP contribution in [0.1, 0.15) is 90.0 Å². The van der Waals surface area contributed by atoms with E-state index in [1.54, 1.807) is 0 Å². The van der Waals surface area contributed by atoms with E-state index in [9.17, 15) is 67.4 Å². The molecule has 0 spiro atoms. The summed E-state index contributed by atoms with van der Waals surface area (Å²) in [5.74, 6) is -13.2. The molecule has 1 N–H and O–H groups in total. The molecule has 4 aliphatic rings. The maximum absolute atomic E-state index is 13.1. The number of aliphatic hydroxyl groups excluding tert-OH is 1. The van der Waals surface area contributed by atoms with Crippen LogP contribution in [0.15, 0.2) is 0 Å². The summed E-state index contributed by atoms with van der Waals surface area (Å²) >= 11 is 0. The Morgan fingerprint density at radius 1 is 0.262 bits per heavy atom. The molecule has 4 rings (SSSR count). The second-order valence-corrected chi connectivity index (χ2v) is 18.9. The molecule has 4 unspecified atom stereocenters. The molecule has 4 heterocycles. The minimum atomic E-state index is -2.18. The zero-order valence-electron chi connectivity index (χ0n) is 47.8. The molecule has 0 amide bonds. The Labute approximate surface area is 478 Å². The second-order valence-electron chi connectivity index (χ2n) is 18.9. The van der Waals surface area contributed by atoms with Crippen LogP contribution in [0, 0.1) is 0 Å². The predicted molar refractivity (Wildman–Crippen MR) is 258 cm³/mol. The van der Waals surface area contributed by atoms with Gasteiger partial charge in [-0.1, -0.05) is 0 Å². The molecule has 34 nitrogen and oxygen atoms in total. The Balaban J connectivity index is 1.88. The smallest absolute Gasteiger partial charge is 0.303 e. The highest BCUT2D eigenvalue weighted by atomic mass is 16.8. The number of esters is 13. The Morgan fingerprint density at radius 2 is 0.488 bits per heavy atom. The molecule has 0 aromatic heterocycles. The number of ether oxygens (including phenoxy) is 20. The van der Waals surface area contributed by atoms with Crippen LogP contribution < -0.4 is 0 Å². The van der Waals surface area contributed by atoms with E-state index >= 15 is 0 Å². The summed E-state index contributed by atoms with van der Waals surface area (Å²) in [5, 5.41) is 11.0. The van der Waals surface area contributed by atoms with Gasteiger partial charge in [-0.2, -0.15) is 0 Å². The van der Waals surface area contributed by atoms with Crippen LogP contribution in [0.4, 0.5) is 0 Å². The number of aliphatic hydroxyl groups is 1. The average molecular weight is 1210 g/mol. The van der Waals surface area contributed by atoms with E-state index in [2.05, 4.69) is 0 Å². The van der Waals surface area contributed by atoms with Crippen LogP contribution in [0.25, 0.3) is 0 Å². The first-order valence-corrected chi connectivity index (χ1v) is 25.6. The summed E-state index contributed by atoms with van der Waals surface area (Å²) in [6, 6.07) is 0. The Bertz CT molecular complexity index is 2410. The number of hydrogen-bond acceptors (Lipinski definition) is 34. The van der Waals surface area contributed by atoms with Crippen molar-refractivity contribution in [3.05, 3.63) is 0 Å². The van der Waals surface area contributed by atoms with Gasteiger partial charge in [-0.15, -0.1) is 0 Å². The van der Waals surface area contributed by atoms with E-state index in [4.69, 9.17) is 94.7 Å². The van der Waals surface area contributed by atoms with Gasteiger partial charge in [0.2, 0.25) is 0 Å². The van der Waals surface area contributed by atoms with Gasteiger partial charge >= 0.3 is 77.6 Å². The van der Waals surface area contributed by atoms with Gasteiger partial charge in [0.05, 0.1) is 13.2 Å². The van der Waals surface area contributed by atoms with Gasteiger partial charge in [-0.3, -0.25) is 62.3 Å². The van der Waals surface area contributed by atoms with E-state index in [1.165, 1.54) is 0 Å². The van der Waals surface area contributed by atoms with Crippen molar-refractivity contribution in [3.8, 4) is 0 Å². The van der Waals surface area contributed by atoms with Crippen molar-refractivity contribution in [1.29, 1.82) is 0 Å². The first-order chi connectivity index (χ1) is 39.3. The van der Waals surface area contributed by atoms with Crippen LogP contribution in [0.2, 0.25) is 0 Å². The molecule has 20 atom stereocenters. The molecule has 0 aliphatic carbocycles. The second kappa shape index (κ2) is 31.6. The van der Waals surface area contributed by atoms with Crippen molar-refractivity contribution in [2.45, 2.75) is 213 Å². The number of hydrogen-bond donors (Lipinski definition) is 1. The van der Waals surface area contributed by atoms with Crippen molar-refractivity contribution in [1.82, 2.24) is 0 Å². The summed E-state index contributed by atoms with van der Waals surface area (Å²) in [6.07, 6.45) is -37.3. The third-order valence-corrected chi connectivity index (χ3v) is 11.7. The molecule has 84 heavy (non-hydrogen) atoms. The van der Waals surface area contributed by atoms with Crippen LogP contribution in [-0.2, 0) is 157 Å². The minimum absolute atomic E-state index is 0.690. The normalized spacial score (nSPS) is 32.7. The van der Waals surface area contributed by atoms with E-state index in [0.717, 1.165) is 90.0 Å². The fourth-order valence-corrected chi connectivity index (χ4v) is 9.12. The quantitative estimate of drug-likeness (QED) is 0.0828. The number of carbonyl (C=O) groups is 13. The molecule has 0 saturated carbocycles. The molecule has 4 aliphatic heterocycles. The average Bonchev–Trinajstić information content (AvgIpc) is 2.22. The maximum Gasteiger partial charge on any atom is 0.303 e. The lowest BCUT2D eigenvalue weighted by atomic mass is 9.95. The first-order valence-electron chi connectivity index (χ1n) is 25.6. The molecule has 4 saturated heterocycles. The van der Waals surface area contributed by atoms with Gasteiger partial charge in [0.25, 0.3) is 0 Å². The predicted octanol–water partition coefficient (Wildman–Crippen LogP) is -2.33. The van der Waals surface area contributed by atoms with Gasteiger partial charge < -0.3 is 99.8 Å². The van der Waals surface area contributed by atoms with Gasteiger partial charge in [-0.25, -0.2) is 0 Å². The molecular formula is C50H68O34. The molecule has 0 bridgehead atoms. The Hall–Kier alpha value is -7.21. The maximum atomic E-state index is 13.1. The highest BCUT2D eigenvalue weighted by Gasteiger charge is 2.60. The van der Waals surface area contributed by atoms with Crippen LogP contribution in [0.5, 0.6) is 0 Å². The van der Waals surface area contributed by atoms with Gasteiger partial charge in [0.15, 0.2) is 92.3 Å². The SMILES string of the molecule is CC(=O)OCC1O[C@H](OCC2O[C@H](O[C@@H]3C(COC(C)=O)O[C@H](OCC4O[C@@H](O)[C@@H](OC(C)=O)[C@@H](OC(C)=O)[C@@H]4OC(C)=O)[C@@H](OC(C)=O)[C@H]3OC(C)=O)[C@@H](OC(C)=O)[C@@H](OC(C)=O)[C@@H]2OC(C)=O)[C@@H](OC(C)=O)[C@@H](OC(C)=O)[C@@H]1OC(C)=O. The zero-order chi connectivity index (χ0) is 63.0. The fraction of sp³-hybridized carbons (Fsp3) is 0.740. The molecule has 0 aromatic carbocycles. The van der Waals surface area contributed by atoms with E-state index in [0.29, 0.717) is 0 Å². The third-order valence-electron chi connectivity index (χ3n) is 11.7. The van der Waals surface area contributed by atoms with E-state index in [1.807, 2.05) is 0 Å². The molecule has 472 valence electrons. The Kier molecular flexibility index (Phi) is 26.1. The third kappa shape index (κ3) is 20.5. The van der Waals surface area contributed by atoms with E-state index < -0.39 is 227 Å². The summed E-state index contributed by atoms with van der Waals surface area (Å²) in [5.41, 5.74) is 0. The lowest BCUT2D eigenvalue weighted by Gasteiger charge is -2.49. The summed E-state index contributed by atoms with van der Waals surface area (Å²) in [4.78, 5) is 164. The van der Waals surface area contributed by atoms with Gasteiger partial charge in [0, 0.05) is 90.0 Å². The number of rotatable bonds is 23. The van der Waals surface area contributed by atoms with Crippen LogP contribution in [0.3, 0.4) is 0 Å². The van der Waals surface area contributed by atoms with Crippen molar-refractivity contribution < 1.29 is 162 Å². The molecule has 0 aromatic rings. The molecule has 4 fully saturated rings. The fourth-order valence-electron chi connectivity index (χ4n) is 9.12. The molecular weight excluding hydrogens is 1140 g/mol. The Morgan fingerprint density at radius 3 is 0.810 bits per heavy atom. The monoisotopic (exact) mass is 1210 g/mol. The standard InChI is InChI=1S/C50H68O34/c1-18(51)65-14-32-36(70-21(4)54)40(73-24(7)57)44(77-28(11)61)48(81-32)68-17-34-37(71-22(5)55)41(74-25(8)58)46(79-30(13)63)50(83-34)84-38-33(15-66-19(2)52)82-49(45(78-29(12)62)42(38)75-26(9)59)67-16-31-35(69-20(3)53)39(72-23(6)56)43(47(64)80-31)76-27(10)60/h31-50,64H,14-17H2,1-13H3/t31?,32?,33?,34?,35-,36-,37-,38-,39+,40+,41+,42+,43+,44+,45+,46+,47-,48+,49+,50-/m1/s1. The van der Waals surface area contributed by atoms with Crippen molar-refractivity contribution in [2.75, 3.05) is 26.4 Å². The van der Waals surface area contributed by atoms with Gasteiger partial charge in [0.1, 0.15) is 43.7 Å². The largest absolute Gasteiger partial charge is 0.463 e. The first kappa shape index (κ1) is 69.3. The van der Waals surface area contributed by atoms with Crippen LogP contribution >= 0.6 is 0 Å². The zero-order valence-corrected chi connectivity index (χ0v) is 47.8. The lowest BCUT2D eigenvalue weighted by molar-refractivity contribution is -0.369. The van der Waals surface area contributed by atoms with Crippen molar-refractivity contribution in [2.24, 2.45) is 0 Å². The van der Waals surface area contributed by atoms with Crippen molar-refractivity contribution >= 4 is 77.6 Å². The molecule has 0 radical (unpaired) electrons. The van der Waals surface area contributed by atoms with E-state index in [-0.39, 0.29) is 0 Å². The summed E-state index contributed by atoms with van der Waals surface area (Å²) in [6.45, 7) is 9.01. The van der Waals surface area contributed by atoms with Crippen LogP contribution in [-0.4, -0.2) is 232 Å². The number of carbonyl (C=O) groups excluding carboxylic acids is 13. The summed E-state index contributed by atoms with van der Waals surface area (Å²) < 4.78 is 114. The lowest BCUT2D eigenvalue weighted by Crippen LogP contribution is -2.68. The van der Waals surface area contributed by atoms with Gasteiger partial charge in [-0.05, 0) is 0 Å². The minimum Gasteiger partial charge on any atom is -0.463 e.